The third-order valence-corrected chi connectivity index (χ3v) is 5.76. The minimum absolute atomic E-state index is 0.0431. The largest absolute Gasteiger partial charge is 0.507 e. The number of hydrogen-bond donors (Lipinski definition) is 1. The van der Waals surface area contributed by atoms with Gasteiger partial charge in [-0.25, -0.2) is 4.39 Å². The van der Waals surface area contributed by atoms with Crippen LogP contribution in [0.1, 0.15) is 35.2 Å². The SMILES string of the molecule is CCOc1ccc(C2/C(=C(/O)c3ccc(F)c(C)c3)C(=O)C(=O)N2c2ccccc2C)cc1. The maximum Gasteiger partial charge on any atom is 0.300 e. The number of anilines is 1. The quantitative estimate of drug-likeness (QED) is 0.321. The number of hydrogen-bond acceptors (Lipinski definition) is 4. The predicted molar refractivity (Wildman–Crippen MR) is 125 cm³/mol. The molecule has 6 heteroatoms. The highest BCUT2D eigenvalue weighted by Crippen LogP contribution is 2.43. The van der Waals surface area contributed by atoms with Gasteiger partial charge in [-0.3, -0.25) is 14.5 Å². The van der Waals surface area contributed by atoms with E-state index in [9.17, 15) is 19.1 Å². The second-order valence-corrected chi connectivity index (χ2v) is 7.92. The number of carbonyl (C=O) groups excluding carboxylic acids is 2. The number of nitrogens with zero attached hydrogens (tertiary/aromatic N) is 1. The number of aryl methyl sites for hydroxylation is 2. The van der Waals surface area contributed by atoms with Gasteiger partial charge >= 0.3 is 0 Å². The Morgan fingerprint density at radius 1 is 1.00 bits per heavy atom. The van der Waals surface area contributed by atoms with E-state index in [1.807, 2.05) is 26.0 Å². The van der Waals surface area contributed by atoms with E-state index in [1.165, 1.54) is 23.1 Å². The lowest BCUT2D eigenvalue weighted by molar-refractivity contribution is -0.132. The molecule has 0 spiro atoms. The number of benzene rings is 3. The first-order chi connectivity index (χ1) is 15.8. The fourth-order valence-corrected chi connectivity index (χ4v) is 4.09. The molecule has 1 aliphatic rings. The molecule has 0 aromatic heterocycles. The summed E-state index contributed by atoms with van der Waals surface area (Å²) >= 11 is 0. The van der Waals surface area contributed by atoms with E-state index in [-0.39, 0.29) is 16.9 Å². The molecule has 33 heavy (non-hydrogen) atoms. The zero-order valence-electron chi connectivity index (χ0n) is 18.6. The second kappa shape index (κ2) is 8.90. The van der Waals surface area contributed by atoms with Crippen LogP contribution in [0.15, 0.2) is 72.3 Å². The highest BCUT2D eigenvalue weighted by Gasteiger charge is 2.47. The van der Waals surface area contributed by atoms with Crippen LogP contribution in [-0.4, -0.2) is 23.4 Å². The van der Waals surface area contributed by atoms with Gasteiger partial charge < -0.3 is 9.84 Å². The van der Waals surface area contributed by atoms with Crippen LogP contribution >= 0.6 is 0 Å². The number of aliphatic hydroxyl groups excluding tert-OH is 1. The van der Waals surface area contributed by atoms with E-state index in [4.69, 9.17) is 4.74 Å². The summed E-state index contributed by atoms with van der Waals surface area (Å²) in [6.07, 6.45) is 0. The topological polar surface area (TPSA) is 66.8 Å². The molecule has 3 aromatic carbocycles. The fourth-order valence-electron chi connectivity index (χ4n) is 4.09. The average molecular weight is 445 g/mol. The molecule has 0 bridgehead atoms. The molecule has 1 amide bonds. The standard InChI is InChI=1S/C27H24FNO4/c1-4-33-20-12-9-18(10-13-20)24-23(25(30)19-11-14-21(28)17(3)15-19)26(31)27(32)29(24)22-8-6-5-7-16(22)2/h5-15,24,30H,4H2,1-3H3/b25-23-. The van der Waals surface area contributed by atoms with Crippen LogP contribution in [-0.2, 0) is 9.59 Å². The Balaban J connectivity index is 1.93. The summed E-state index contributed by atoms with van der Waals surface area (Å²) in [5.41, 5.74) is 2.58. The minimum Gasteiger partial charge on any atom is -0.507 e. The van der Waals surface area contributed by atoms with Crippen LogP contribution in [0, 0.1) is 19.7 Å². The third-order valence-electron chi connectivity index (χ3n) is 5.76. The number of ether oxygens (including phenoxy) is 1. The van der Waals surface area contributed by atoms with Crippen molar-refractivity contribution in [1.29, 1.82) is 0 Å². The van der Waals surface area contributed by atoms with Gasteiger partial charge in [0, 0.05) is 11.3 Å². The number of halogens is 1. The van der Waals surface area contributed by atoms with Crippen molar-refractivity contribution < 1.29 is 23.8 Å². The Kier molecular flexibility index (Phi) is 6.01. The molecule has 1 atom stereocenters. The molecule has 0 saturated carbocycles. The van der Waals surface area contributed by atoms with Gasteiger partial charge in [-0.05, 0) is 73.9 Å². The molecule has 1 heterocycles. The van der Waals surface area contributed by atoms with Crippen LogP contribution in [0.4, 0.5) is 10.1 Å². The summed E-state index contributed by atoms with van der Waals surface area (Å²) in [7, 11) is 0. The van der Waals surface area contributed by atoms with Crippen molar-refractivity contribution in [2.24, 2.45) is 0 Å². The van der Waals surface area contributed by atoms with Gasteiger partial charge in [0.05, 0.1) is 18.2 Å². The number of Topliss-reactive ketones (excluding diaryl/α,β-unsaturated/α-hetero) is 1. The van der Waals surface area contributed by atoms with Gasteiger partial charge in [-0.15, -0.1) is 0 Å². The molecule has 1 unspecified atom stereocenters. The highest BCUT2D eigenvalue weighted by molar-refractivity contribution is 6.51. The van der Waals surface area contributed by atoms with Crippen LogP contribution in [0.2, 0.25) is 0 Å². The zero-order valence-corrected chi connectivity index (χ0v) is 18.6. The molecular weight excluding hydrogens is 421 g/mol. The molecule has 0 aliphatic carbocycles. The van der Waals surface area contributed by atoms with E-state index in [1.54, 1.807) is 43.3 Å². The highest BCUT2D eigenvalue weighted by atomic mass is 19.1. The van der Waals surface area contributed by atoms with Crippen LogP contribution in [0.5, 0.6) is 5.75 Å². The smallest absolute Gasteiger partial charge is 0.300 e. The molecule has 5 nitrogen and oxygen atoms in total. The Labute approximate surface area is 191 Å². The summed E-state index contributed by atoms with van der Waals surface area (Å²) in [5, 5.41) is 11.2. The second-order valence-electron chi connectivity index (χ2n) is 7.92. The summed E-state index contributed by atoms with van der Waals surface area (Å²) in [4.78, 5) is 27.8. The van der Waals surface area contributed by atoms with Crippen molar-refractivity contribution in [2.75, 3.05) is 11.5 Å². The van der Waals surface area contributed by atoms with Crippen molar-refractivity contribution in [3.63, 3.8) is 0 Å². The lowest BCUT2D eigenvalue weighted by atomic mass is 9.94. The maximum atomic E-state index is 13.8. The lowest BCUT2D eigenvalue weighted by Gasteiger charge is -2.27. The van der Waals surface area contributed by atoms with Gasteiger partial charge in [0.25, 0.3) is 11.7 Å². The van der Waals surface area contributed by atoms with Crippen LogP contribution in [0.3, 0.4) is 0 Å². The monoisotopic (exact) mass is 445 g/mol. The van der Waals surface area contributed by atoms with E-state index in [0.29, 0.717) is 29.2 Å². The number of carbonyl (C=O) groups is 2. The van der Waals surface area contributed by atoms with Crippen molar-refractivity contribution in [1.82, 2.24) is 0 Å². The van der Waals surface area contributed by atoms with E-state index < -0.39 is 23.5 Å². The molecule has 3 aromatic rings. The molecule has 1 fully saturated rings. The van der Waals surface area contributed by atoms with Gasteiger partial charge in [-0.1, -0.05) is 30.3 Å². The normalized spacial score (nSPS) is 17.5. The van der Waals surface area contributed by atoms with Gasteiger partial charge in [-0.2, -0.15) is 0 Å². The van der Waals surface area contributed by atoms with E-state index in [2.05, 4.69) is 0 Å². The number of amides is 1. The summed E-state index contributed by atoms with van der Waals surface area (Å²) in [6, 6.07) is 17.6. The molecule has 4 rings (SSSR count). The van der Waals surface area contributed by atoms with Crippen LogP contribution in [0.25, 0.3) is 5.76 Å². The first kappa shape index (κ1) is 22.3. The van der Waals surface area contributed by atoms with Crippen molar-refractivity contribution in [3.8, 4) is 5.75 Å². The molecular formula is C27H24FNO4. The molecule has 1 saturated heterocycles. The summed E-state index contributed by atoms with van der Waals surface area (Å²) in [6.45, 7) is 5.81. The first-order valence-corrected chi connectivity index (χ1v) is 10.7. The number of rotatable bonds is 5. The third kappa shape index (κ3) is 4.00. The minimum atomic E-state index is -0.855. The Bertz CT molecular complexity index is 1260. The predicted octanol–water partition coefficient (Wildman–Crippen LogP) is 5.47. The lowest BCUT2D eigenvalue weighted by Crippen LogP contribution is -2.30. The molecule has 168 valence electrons. The van der Waals surface area contributed by atoms with Crippen LogP contribution < -0.4 is 9.64 Å². The fraction of sp³-hybridized carbons (Fsp3) is 0.185. The Morgan fingerprint density at radius 2 is 1.70 bits per heavy atom. The zero-order chi connectivity index (χ0) is 23.7. The summed E-state index contributed by atoms with van der Waals surface area (Å²) in [5.74, 6) is -1.63. The van der Waals surface area contributed by atoms with E-state index in [0.717, 1.165) is 5.56 Å². The molecule has 1 N–H and O–H groups in total. The Morgan fingerprint density at radius 3 is 2.33 bits per heavy atom. The van der Waals surface area contributed by atoms with Gasteiger partial charge in [0.15, 0.2) is 0 Å². The van der Waals surface area contributed by atoms with Crippen molar-refractivity contribution in [3.05, 3.63) is 100 Å². The van der Waals surface area contributed by atoms with Gasteiger partial charge in [0.1, 0.15) is 17.3 Å². The van der Waals surface area contributed by atoms with E-state index >= 15 is 0 Å². The van der Waals surface area contributed by atoms with Crippen molar-refractivity contribution in [2.45, 2.75) is 26.8 Å². The number of aliphatic hydroxyl groups is 1. The van der Waals surface area contributed by atoms with Crippen molar-refractivity contribution >= 4 is 23.1 Å². The molecule has 1 aliphatic heterocycles. The maximum absolute atomic E-state index is 13.8. The van der Waals surface area contributed by atoms with Gasteiger partial charge in [0.2, 0.25) is 0 Å². The Hall–Kier alpha value is -3.93. The summed E-state index contributed by atoms with van der Waals surface area (Å²) < 4.78 is 19.3. The molecule has 0 radical (unpaired) electrons. The number of ketones is 1. The average Bonchev–Trinajstić information content (AvgIpc) is 3.07. The number of para-hydroxylation sites is 1. The first-order valence-electron chi connectivity index (χ1n) is 10.7.